The van der Waals surface area contributed by atoms with E-state index in [1.54, 1.807) is 70.2 Å². The van der Waals surface area contributed by atoms with E-state index < -0.39 is 39.5 Å². The zero-order chi connectivity index (χ0) is 27.1. The number of aryl methyl sites for hydroxylation is 1. The van der Waals surface area contributed by atoms with E-state index >= 15 is 0 Å². The average Bonchev–Trinajstić information content (AvgIpc) is 3.14. The molecule has 0 aliphatic carbocycles. The molecule has 0 radical (unpaired) electrons. The van der Waals surface area contributed by atoms with Gasteiger partial charge in [-0.1, -0.05) is 23.7 Å². The Hall–Kier alpha value is -2.82. The van der Waals surface area contributed by atoms with Crippen LogP contribution in [0.15, 0.2) is 46.7 Å². The number of carbonyl (C=O) groups excluding carboxylic acids is 1. The summed E-state index contributed by atoms with van der Waals surface area (Å²) in [6.45, 7) is 7.48. The van der Waals surface area contributed by atoms with Crippen molar-refractivity contribution in [2.75, 3.05) is 17.8 Å². The molecule has 0 saturated carbocycles. The van der Waals surface area contributed by atoms with Gasteiger partial charge in [0.1, 0.15) is 9.81 Å². The number of rotatable bonds is 5. The summed E-state index contributed by atoms with van der Waals surface area (Å²) in [7, 11) is -3.92. The normalized spacial score (nSPS) is 18.6. The van der Waals surface area contributed by atoms with E-state index in [9.17, 15) is 23.1 Å². The number of hydrogen-bond donors (Lipinski definition) is 2. The second-order valence-electron chi connectivity index (χ2n) is 10.2. The highest BCUT2D eigenvalue weighted by Gasteiger charge is 2.38. The first-order valence-corrected chi connectivity index (χ1v) is 14.4. The van der Waals surface area contributed by atoms with Crippen LogP contribution >= 0.6 is 22.9 Å². The highest BCUT2D eigenvalue weighted by atomic mass is 35.5. The predicted molar refractivity (Wildman–Crippen MR) is 145 cm³/mol. The fourth-order valence-corrected chi connectivity index (χ4v) is 7.51. The van der Waals surface area contributed by atoms with Crippen LogP contribution in [0.3, 0.4) is 0 Å². The third-order valence-electron chi connectivity index (χ3n) is 6.25. The number of nitrogens with one attached hydrogen (secondary N) is 1. The third-order valence-corrected chi connectivity index (χ3v) is 9.76. The Bertz CT molecular complexity index is 1460. The number of hydrogen-bond acceptors (Lipinski definition) is 6. The predicted octanol–water partition coefficient (Wildman–Crippen LogP) is 6.09. The smallest absolute Gasteiger partial charge is 0.410 e. The lowest BCUT2D eigenvalue weighted by atomic mass is 9.80. The lowest BCUT2D eigenvalue weighted by Gasteiger charge is -2.37. The van der Waals surface area contributed by atoms with Gasteiger partial charge in [0.25, 0.3) is 10.0 Å². The van der Waals surface area contributed by atoms with Crippen LogP contribution in [-0.2, 0) is 19.6 Å². The summed E-state index contributed by atoms with van der Waals surface area (Å²) >= 11 is 7.25. The van der Waals surface area contributed by atoms with Gasteiger partial charge in [0.2, 0.25) is 0 Å². The molecule has 11 heteroatoms. The Kier molecular flexibility index (Phi) is 7.47. The van der Waals surface area contributed by atoms with Crippen molar-refractivity contribution >= 4 is 60.8 Å². The molecule has 0 bridgehead atoms. The van der Waals surface area contributed by atoms with Gasteiger partial charge < -0.3 is 14.7 Å². The summed E-state index contributed by atoms with van der Waals surface area (Å²) < 4.78 is 35.7. The maximum absolute atomic E-state index is 13.3. The lowest BCUT2D eigenvalue weighted by Crippen LogP contribution is -2.46. The molecule has 1 aliphatic heterocycles. The molecule has 8 nitrogen and oxygen atoms in total. The number of ether oxygens (including phenoxy) is 1. The first-order valence-electron chi connectivity index (χ1n) is 11.8. The molecule has 2 heterocycles. The van der Waals surface area contributed by atoms with Gasteiger partial charge in [-0.05, 0) is 81.0 Å². The fraction of sp³-hybridized carbons (Fsp3) is 0.385. The van der Waals surface area contributed by atoms with Crippen LogP contribution in [0.5, 0.6) is 0 Å². The average molecular weight is 565 g/mol. The molecule has 2 N–H and O–H groups in total. The summed E-state index contributed by atoms with van der Waals surface area (Å²) in [5, 5.41) is 11.2. The number of likely N-dealkylation sites (tertiary alicyclic amines) is 1. The first-order chi connectivity index (χ1) is 17.2. The van der Waals surface area contributed by atoms with Crippen LogP contribution in [0.25, 0.3) is 10.1 Å². The molecule has 0 unspecified atom stereocenters. The molecule has 198 valence electrons. The topological polar surface area (TPSA) is 113 Å². The zero-order valence-corrected chi connectivity index (χ0v) is 23.3. The molecule has 2 atom stereocenters. The Morgan fingerprint density at radius 1 is 1.19 bits per heavy atom. The van der Waals surface area contributed by atoms with E-state index in [0.717, 1.165) is 21.4 Å². The van der Waals surface area contributed by atoms with Crippen molar-refractivity contribution in [2.45, 2.75) is 49.8 Å². The van der Waals surface area contributed by atoms with Crippen LogP contribution in [-0.4, -0.2) is 49.2 Å². The second kappa shape index (κ2) is 10.2. The molecular formula is C26H29ClN2O6S2. The van der Waals surface area contributed by atoms with Crippen molar-refractivity contribution in [3.63, 3.8) is 0 Å². The van der Waals surface area contributed by atoms with Crippen LogP contribution in [0.2, 0.25) is 5.02 Å². The Balaban J connectivity index is 1.62. The minimum atomic E-state index is -3.92. The van der Waals surface area contributed by atoms with Crippen molar-refractivity contribution in [1.29, 1.82) is 0 Å². The maximum Gasteiger partial charge on any atom is 0.410 e. The Morgan fingerprint density at radius 2 is 1.92 bits per heavy atom. The van der Waals surface area contributed by atoms with E-state index in [-0.39, 0.29) is 23.7 Å². The van der Waals surface area contributed by atoms with Crippen LogP contribution in [0.4, 0.5) is 10.5 Å². The first kappa shape index (κ1) is 27.2. The number of piperidine rings is 1. The lowest BCUT2D eigenvalue weighted by molar-refractivity contribution is -0.144. The number of anilines is 1. The molecular weight excluding hydrogens is 536 g/mol. The number of thiophene rings is 1. The number of sulfonamides is 1. The van der Waals surface area contributed by atoms with Gasteiger partial charge in [-0.15, -0.1) is 11.3 Å². The second-order valence-corrected chi connectivity index (χ2v) is 13.5. The Morgan fingerprint density at radius 3 is 2.59 bits per heavy atom. The van der Waals surface area contributed by atoms with Gasteiger partial charge in [-0.3, -0.25) is 9.52 Å². The number of halogens is 1. The number of carboxylic acid groups (broad SMARTS) is 1. The van der Waals surface area contributed by atoms with Crippen molar-refractivity contribution in [1.82, 2.24) is 4.90 Å². The van der Waals surface area contributed by atoms with Crippen LogP contribution in [0.1, 0.15) is 44.2 Å². The molecule has 1 fully saturated rings. The highest BCUT2D eigenvalue weighted by Crippen LogP contribution is 2.38. The van der Waals surface area contributed by atoms with E-state index in [2.05, 4.69) is 4.72 Å². The van der Waals surface area contributed by atoms with E-state index in [1.165, 1.54) is 4.90 Å². The summed E-state index contributed by atoms with van der Waals surface area (Å²) in [6.07, 6.45) is -0.239. The van der Waals surface area contributed by atoms with Crippen molar-refractivity contribution in [3.8, 4) is 0 Å². The van der Waals surface area contributed by atoms with Crippen molar-refractivity contribution in [2.24, 2.45) is 5.92 Å². The maximum atomic E-state index is 13.3. The summed E-state index contributed by atoms with van der Waals surface area (Å²) in [5.41, 5.74) is 0.869. The highest BCUT2D eigenvalue weighted by molar-refractivity contribution is 7.94. The van der Waals surface area contributed by atoms with Crippen molar-refractivity contribution < 1.29 is 27.9 Å². The monoisotopic (exact) mass is 564 g/mol. The molecule has 3 aromatic rings. The van der Waals surface area contributed by atoms with Gasteiger partial charge in [0.15, 0.2) is 0 Å². The molecule has 4 rings (SSSR count). The zero-order valence-electron chi connectivity index (χ0n) is 20.9. The number of nitrogens with zero attached hydrogens (tertiary/aromatic N) is 1. The largest absolute Gasteiger partial charge is 0.481 e. The molecule has 1 aromatic heterocycles. The van der Waals surface area contributed by atoms with Gasteiger partial charge in [0, 0.05) is 34.4 Å². The molecule has 0 spiro atoms. The molecule has 1 amide bonds. The van der Waals surface area contributed by atoms with Gasteiger partial charge in [-0.2, -0.15) is 0 Å². The van der Waals surface area contributed by atoms with Gasteiger partial charge >= 0.3 is 12.1 Å². The van der Waals surface area contributed by atoms with Crippen LogP contribution < -0.4 is 4.72 Å². The number of amides is 1. The molecule has 1 saturated heterocycles. The minimum Gasteiger partial charge on any atom is -0.481 e. The minimum absolute atomic E-state index is 0.151. The van der Waals surface area contributed by atoms with Gasteiger partial charge in [-0.25, -0.2) is 13.2 Å². The van der Waals surface area contributed by atoms with E-state index in [1.807, 2.05) is 0 Å². The molecule has 37 heavy (non-hydrogen) atoms. The molecule has 1 aliphatic rings. The summed E-state index contributed by atoms with van der Waals surface area (Å²) in [6, 6.07) is 11.9. The number of carbonyl (C=O) groups is 2. The van der Waals surface area contributed by atoms with E-state index in [4.69, 9.17) is 16.3 Å². The van der Waals surface area contributed by atoms with Gasteiger partial charge in [0.05, 0.1) is 5.92 Å². The Labute approximate surface area is 225 Å². The fourth-order valence-electron chi connectivity index (χ4n) is 4.54. The summed E-state index contributed by atoms with van der Waals surface area (Å²) in [4.78, 5) is 26.2. The summed E-state index contributed by atoms with van der Waals surface area (Å²) in [5.74, 6) is -2.21. The number of benzene rings is 2. The number of carboxylic acids is 1. The standard InChI is InChI=1S/C26H29ClN2O6S2/c1-15-20-13-17(27)8-9-22(20)36-24(15)37(33,34)28-18-7-5-6-16(12-18)21-14-29(11-10-19(21)23(30)31)25(32)35-26(2,3)4/h5-9,12-13,19,21,28H,10-11,14H2,1-4H3,(H,30,31)/t19-,21+/m1/s1. The van der Waals surface area contributed by atoms with Crippen LogP contribution in [0, 0.1) is 12.8 Å². The van der Waals surface area contributed by atoms with Crippen molar-refractivity contribution in [3.05, 3.63) is 58.6 Å². The quantitative estimate of drug-likeness (QED) is 0.388. The SMILES string of the molecule is Cc1c(S(=O)(=O)Nc2cccc([C@@H]3CN(C(=O)OC(C)(C)C)CC[C@H]3C(=O)O)c2)sc2ccc(Cl)cc12. The number of aliphatic carboxylic acids is 1. The van der Waals surface area contributed by atoms with E-state index in [0.29, 0.717) is 21.8 Å². The third kappa shape index (κ3) is 6.02. The number of fused-ring (bicyclic) bond motifs is 1. The molecule has 2 aromatic carbocycles.